The van der Waals surface area contributed by atoms with Crippen molar-refractivity contribution in [2.45, 2.75) is 25.8 Å². The van der Waals surface area contributed by atoms with Crippen molar-refractivity contribution in [3.63, 3.8) is 0 Å². The van der Waals surface area contributed by atoms with Crippen molar-refractivity contribution in [3.8, 4) is 0 Å². The van der Waals surface area contributed by atoms with E-state index in [2.05, 4.69) is 15.3 Å². The number of nitrogens with one attached hydrogen (secondary N) is 2. The van der Waals surface area contributed by atoms with Crippen molar-refractivity contribution in [3.05, 3.63) is 53.4 Å². The monoisotopic (exact) mass is 330 g/mol. The molecule has 1 aliphatic heterocycles. The number of likely N-dealkylation sites (tertiary alicyclic amines) is 1. The highest BCUT2D eigenvalue weighted by Crippen LogP contribution is 2.26. The summed E-state index contributed by atoms with van der Waals surface area (Å²) >= 11 is 0. The molecular weight excluding hydrogens is 311 g/mol. The average Bonchev–Trinajstić information content (AvgIpc) is 3.22. The minimum atomic E-state index is -0.354. The van der Waals surface area contributed by atoms with E-state index in [-0.39, 0.29) is 23.5 Å². The first-order valence-corrected chi connectivity index (χ1v) is 7.86. The van der Waals surface area contributed by atoms with E-state index >= 15 is 0 Å². The number of rotatable bonds is 4. The van der Waals surface area contributed by atoms with Gasteiger partial charge in [0.2, 0.25) is 5.91 Å². The second kappa shape index (κ2) is 6.82. The number of carbonyl (C=O) groups excluding carboxylic acids is 2. The third kappa shape index (κ3) is 3.61. The molecule has 7 heteroatoms. The van der Waals surface area contributed by atoms with Gasteiger partial charge in [-0.3, -0.25) is 9.59 Å². The third-order valence-corrected chi connectivity index (χ3v) is 4.13. The Hall–Kier alpha value is -2.70. The van der Waals surface area contributed by atoms with E-state index in [9.17, 15) is 14.0 Å². The van der Waals surface area contributed by atoms with Gasteiger partial charge in [0.05, 0.1) is 18.4 Å². The highest BCUT2D eigenvalue weighted by atomic mass is 19.1. The molecule has 1 aromatic carbocycles. The number of aromatic nitrogens is 2. The molecule has 2 amide bonds. The summed E-state index contributed by atoms with van der Waals surface area (Å²) in [5, 5.41) is 2.71. The van der Waals surface area contributed by atoms with Crippen molar-refractivity contribution in [1.82, 2.24) is 20.2 Å². The van der Waals surface area contributed by atoms with E-state index in [1.807, 2.05) is 0 Å². The Morgan fingerprint density at radius 3 is 2.83 bits per heavy atom. The van der Waals surface area contributed by atoms with Crippen LogP contribution in [0.1, 0.15) is 41.1 Å². The number of hydrogen-bond acceptors (Lipinski definition) is 3. The molecular formula is C17H19FN4O2. The molecule has 0 aliphatic carbocycles. The first-order chi connectivity index (χ1) is 11.5. The lowest BCUT2D eigenvalue weighted by atomic mass is 10.1. The SMILES string of the molecule is CC(=O)NCc1cnc(C2CCN(C(=O)c3ccc(F)cc3)C2)[nH]1. The second-order valence-electron chi connectivity index (χ2n) is 5.95. The van der Waals surface area contributed by atoms with E-state index in [1.165, 1.54) is 31.2 Å². The first-order valence-electron chi connectivity index (χ1n) is 7.86. The molecule has 0 bridgehead atoms. The molecule has 0 spiro atoms. The van der Waals surface area contributed by atoms with Gasteiger partial charge in [0.1, 0.15) is 11.6 Å². The van der Waals surface area contributed by atoms with Crippen LogP contribution in [0.4, 0.5) is 4.39 Å². The van der Waals surface area contributed by atoms with E-state index in [0.29, 0.717) is 25.2 Å². The Morgan fingerprint density at radius 1 is 1.38 bits per heavy atom. The zero-order valence-corrected chi connectivity index (χ0v) is 13.4. The fourth-order valence-corrected chi connectivity index (χ4v) is 2.84. The zero-order chi connectivity index (χ0) is 17.1. The number of H-pyrrole nitrogens is 1. The Labute approximate surface area is 139 Å². The van der Waals surface area contributed by atoms with E-state index < -0.39 is 0 Å². The van der Waals surface area contributed by atoms with Crippen LogP contribution in [0.3, 0.4) is 0 Å². The number of benzene rings is 1. The molecule has 2 heterocycles. The number of hydrogen-bond donors (Lipinski definition) is 2. The third-order valence-electron chi connectivity index (χ3n) is 4.13. The van der Waals surface area contributed by atoms with E-state index in [0.717, 1.165) is 17.9 Å². The number of amides is 2. The standard InChI is InChI=1S/C17H19FN4O2/c1-11(23)19-8-15-9-20-16(21-15)13-6-7-22(10-13)17(24)12-2-4-14(18)5-3-12/h2-5,9,13H,6-8,10H2,1H3,(H,19,23)(H,20,21). The van der Waals surface area contributed by atoms with Crippen LogP contribution in [0.2, 0.25) is 0 Å². The molecule has 1 fully saturated rings. The lowest BCUT2D eigenvalue weighted by Gasteiger charge is -2.16. The van der Waals surface area contributed by atoms with Gasteiger partial charge in [-0.2, -0.15) is 0 Å². The van der Waals surface area contributed by atoms with Crippen LogP contribution in [0, 0.1) is 5.82 Å². The predicted molar refractivity (Wildman–Crippen MR) is 85.8 cm³/mol. The maximum atomic E-state index is 13.0. The van der Waals surface area contributed by atoms with Crippen molar-refractivity contribution in [2.24, 2.45) is 0 Å². The number of halogens is 1. The number of aromatic amines is 1. The molecule has 2 aromatic rings. The van der Waals surface area contributed by atoms with Crippen molar-refractivity contribution < 1.29 is 14.0 Å². The van der Waals surface area contributed by atoms with Gasteiger partial charge in [0, 0.05) is 31.5 Å². The fourth-order valence-electron chi connectivity index (χ4n) is 2.84. The number of carbonyl (C=O) groups is 2. The van der Waals surface area contributed by atoms with Gasteiger partial charge in [-0.05, 0) is 30.7 Å². The Bertz CT molecular complexity index is 741. The summed E-state index contributed by atoms with van der Waals surface area (Å²) in [7, 11) is 0. The van der Waals surface area contributed by atoms with Crippen LogP contribution in [-0.4, -0.2) is 39.8 Å². The van der Waals surface area contributed by atoms with Crippen LogP contribution in [0.5, 0.6) is 0 Å². The molecule has 6 nitrogen and oxygen atoms in total. The van der Waals surface area contributed by atoms with E-state index in [4.69, 9.17) is 0 Å². The predicted octanol–water partition coefficient (Wildman–Crippen LogP) is 1.81. The highest BCUT2D eigenvalue weighted by Gasteiger charge is 2.29. The van der Waals surface area contributed by atoms with Gasteiger partial charge in [0.15, 0.2) is 0 Å². The maximum Gasteiger partial charge on any atom is 0.253 e. The van der Waals surface area contributed by atoms with Gasteiger partial charge in [-0.15, -0.1) is 0 Å². The van der Waals surface area contributed by atoms with E-state index in [1.54, 1.807) is 11.1 Å². The minimum Gasteiger partial charge on any atom is -0.351 e. The van der Waals surface area contributed by atoms with Gasteiger partial charge < -0.3 is 15.2 Å². The maximum absolute atomic E-state index is 13.0. The summed E-state index contributed by atoms with van der Waals surface area (Å²) in [6.07, 6.45) is 2.52. The molecule has 0 radical (unpaired) electrons. The summed E-state index contributed by atoms with van der Waals surface area (Å²) in [5.41, 5.74) is 1.33. The zero-order valence-electron chi connectivity index (χ0n) is 13.4. The van der Waals surface area contributed by atoms with Crippen LogP contribution >= 0.6 is 0 Å². The van der Waals surface area contributed by atoms with Crippen LogP contribution in [-0.2, 0) is 11.3 Å². The molecule has 126 valence electrons. The molecule has 2 N–H and O–H groups in total. The van der Waals surface area contributed by atoms with Crippen molar-refractivity contribution in [1.29, 1.82) is 0 Å². The Balaban J connectivity index is 1.61. The summed E-state index contributed by atoms with van der Waals surface area (Å²) in [6.45, 7) is 3.09. The molecule has 0 saturated carbocycles. The Morgan fingerprint density at radius 2 is 2.12 bits per heavy atom. The van der Waals surface area contributed by atoms with Crippen molar-refractivity contribution in [2.75, 3.05) is 13.1 Å². The largest absolute Gasteiger partial charge is 0.351 e. The Kier molecular flexibility index (Phi) is 4.59. The molecule has 1 aliphatic rings. The second-order valence-corrected chi connectivity index (χ2v) is 5.95. The molecule has 1 saturated heterocycles. The topological polar surface area (TPSA) is 78.1 Å². The first kappa shape index (κ1) is 16.2. The average molecular weight is 330 g/mol. The molecule has 3 rings (SSSR count). The summed E-state index contributed by atoms with van der Waals surface area (Å²) in [5.74, 6) is 0.420. The lowest BCUT2D eigenvalue weighted by molar-refractivity contribution is -0.119. The van der Waals surface area contributed by atoms with Gasteiger partial charge >= 0.3 is 0 Å². The van der Waals surface area contributed by atoms with Crippen molar-refractivity contribution >= 4 is 11.8 Å². The van der Waals surface area contributed by atoms with Gasteiger partial charge in [-0.25, -0.2) is 9.37 Å². The fraction of sp³-hybridized carbons (Fsp3) is 0.353. The lowest BCUT2D eigenvalue weighted by Crippen LogP contribution is -2.28. The molecule has 1 aromatic heterocycles. The van der Waals surface area contributed by atoms with Gasteiger partial charge in [0.25, 0.3) is 5.91 Å². The van der Waals surface area contributed by atoms with Crippen LogP contribution in [0.25, 0.3) is 0 Å². The van der Waals surface area contributed by atoms with Crippen LogP contribution in [0.15, 0.2) is 30.5 Å². The van der Waals surface area contributed by atoms with Crippen LogP contribution < -0.4 is 5.32 Å². The summed E-state index contributed by atoms with van der Waals surface area (Å²) in [4.78, 5) is 32.7. The highest BCUT2D eigenvalue weighted by molar-refractivity contribution is 5.94. The number of nitrogens with zero attached hydrogens (tertiary/aromatic N) is 2. The quantitative estimate of drug-likeness (QED) is 0.897. The molecule has 24 heavy (non-hydrogen) atoms. The molecule has 1 atom stereocenters. The summed E-state index contributed by atoms with van der Waals surface area (Å²) < 4.78 is 13.0. The smallest absolute Gasteiger partial charge is 0.253 e. The normalized spacial score (nSPS) is 17.1. The minimum absolute atomic E-state index is 0.0944. The number of imidazole rings is 1. The molecule has 1 unspecified atom stereocenters. The summed E-state index contributed by atoms with van der Waals surface area (Å²) in [6, 6.07) is 5.59. The van der Waals surface area contributed by atoms with Gasteiger partial charge in [-0.1, -0.05) is 0 Å².